The maximum atomic E-state index is 13.6. The predicted molar refractivity (Wildman–Crippen MR) is 183 cm³/mol. The molecule has 0 spiro atoms. The average molecular weight is 653 g/mol. The number of benzene rings is 4. The van der Waals surface area contributed by atoms with Gasteiger partial charge in [-0.25, -0.2) is 0 Å². The van der Waals surface area contributed by atoms with Crippen LogP contribution >= 0.6 is 14.3 Å². The Balaban J connectivity index is 0.000000307. The molecule has 0 saturated carbocycles. The number of carboxylic acids is 2. The Labute approximate surface area is 264 Å². The Hall–Kier alpha value is -3.84. The normalized spacial score (nSPS) is 14.0. The van der Waals surface area contributed by atoms with Crippen LogP contribution in [0.2, 0.25) is 0 Å². The van der Waals surface area contributed by atoms with Gasteiger partial charge in [-0.1, -0.05) is 121 Å². The topological polar surface area (TPSA) is 192 Å². The Morgan fingerprint density at radius 2 is 0.733 bits per heavy atom. The maximum Gasteiger partial charge on any atom is 0.323 e. The van der Waals surface area contributed by atoms with Gasteiger partial charge in [0.1, 0.15) is 25.4 Å². The lowest BCUT2D eigenvalue weighted by Crippen LogP contribution is -2.45. The molecule has 45 heavy (non-hydrogen) atoms. The van der Waals surface area contributed by atoms with E-state index in [9.17, 15) is 18.7 Å². The third-order valence-corrected chi connectivity index (χ3v) is 13.8. The highest BCUT2D eigenvalue weighted by Gasteiger charge is 2.35. The van der Waals surface area contributed by atoms with Gasteiger partial charge < -0.3 is 36.3 Å². The first-order valence-corrected chi connectivity index (χ1v) is 18.0. The number of rotatable bonds is 12. The van der Waals surface area contributed by atoms with E-state index >= 15 is 0 Å². The molecule has 0 heterocycles. The molecule has 0 aliphatic rings. The van der Waals surface area contributed by atoms with Crippen LogP contribution in [0.25, 0.3) is 0 Å². The van der Waals surface area contributed by atoms with Gasteiger partial charge in [0, 0.05) is 33.5 Å². The van der Waals surface area contributed by atoms with Crippen molar-refractivity contribution in [3.8, 4) is 0 Å². The number of aliphatic carboxylic acids is 2. The molecule has 4 aromatic carbocycles. The molecule has 2 unspecified atom stereocenters. The molecule has 8 N–H and O–H groups in total. The van der Waals surface area contributed by atoms with Crippen molar-refractivity contribution in [2.24, 2.45) is 11.5 Å². The van der Waals surface area contributed by atoms with Gasteiger partial charge in [-0.2, -0.15) is 0 Å². The first-order valence-electron chi connectivity index (χ1n) is 14.2. The van der Waals surface area contributed by atoms with Crippen LogP contribution in [0.5, 0.6) is 0 Å². The Morgan fingerprint density at radius 1 is 0.533 bits per heavy atom. The van der Waals surface area contributed by atoms with Gasteiger partial charge in [0.05, 0.1) is 0 Å². The van der Waals surface area contributed by atoms with Crippen LogP contribution in [0.4, 0.5) is 0 Å². The fourth-order valence-corrected chi connectivity index (χ4v) is 10.3. The Morgan fingerprint density at radius 3 is 0.911 bits per heavy atom. The van der Waals surface area contributed by atoms with Crippen LogP contribution in [0.1, 0.15) is 26.7 Å². The SMILES string of the molecule is CC(N)(CCP(=O)(c1ccccc1)c1ccccc1)C(=O)O.CC(N)(CCP(=O)(c1ccccc1)c1ccccc1)C(=O)O.O. The van der Waals surface area contributed by atoms with E-state index < -0.39 is 37.3 Å². The predicted octanol–water partition coefficient (Wildman–Crippen LogP) is 3.56. The second kappa shape index (κ2) is 15.9. The zero-order valence-corrected chi connectivity index (χ0v) is 27.2. The van der Waals surface area contributed by atoms with Crippen molar-refractivity contribution in [2.45, 2.75) is 37.8 Å². The molecular weight excluding hydrogens is 610 g/mol. The minimum atomic E-state index is -2.90. The van der Waals surface area contributed by atoms with E-state index in [-0.39, 0.29) is 30.6 Å². The second-order valence-electron chi connectivity index (χ2n) is 11.2. The van der Waals surface area contributed by atoms with Crippen molar-refractivity contribution >= 4 is 47.4 Å². The van der Waals surface area contributed by atoms with E-state index in [1.54, 1.807) is 0 Å². The molecule has 0 aliphatic heterocycles. The Bertz CT molecular complexity index is 1410. The highest BCUT2D eigenvalue weighted by Crippen LogP contribution is 2.45. The first kappa shape index (κ1) is 37.3. The molecule has 9 nitrogen and oxygen atoms in total. The van der Waals surface area contributed by atoms with Crippen molar-refractivity contribution in [2.75, 3.05) is 12.3 Å². The van der Waals surface area contributed by atoms with Crippen LogP contribution in [0, 0.1) is 0 Å². The molecule has 2 atom stereocenters. The fraction of sp³-hybridized carbons (Fsp3) is 0.235. The van der Waals surface area contributed by atoms with Crippen LogP contribution in [-0.2, 0) is 18.7 Å². The largest absolute Gasteiger partial charge is 0.480 e. The van der Waals surface area contributed by atoms with Crippen LogP contribution in [-0.4, -0.2) is 51.0 Å². The zero-order chi connectivity index (χ0) is 32.4. The molecular formula is C34H42N2O7P2. The third-order valence-electron chi connectivity index (χ3n) is 7.56. The van der Waals surface area contributed by atoms with Crippen molar-refractivity contribution < 1.29 is 34.4 Å². The quantitative estimate of drug-likeness (QED) is 0.167. The van der Waals surface area contributed by atoms with Crippen LogP contribution in [0.3, 0.4) is 0 Å². The lowest BCUT2D eigenvalue weighted by Gasteiger charge is -2.24. The summed E-state index contributed by atoms with van der Waals surface area (Å²) in [7, 11) is -5.81. The molecule has 0 radical (unpaired) electrons. The van der Waals surface area contributed by atoms with E-state index in [4.69, 9.17) is 21.7 Å². The van der Waals surface area contributed by atoms with Crippen molar-refractivity contribution in [1.29, 1.82) is 0 Å². The number of nitrogens with two attached hydrogens (primary N) is 2. The van der Waals surface area contributed by atoms with E-state index in [1.807, 2.05) is 121 Å². The summed E-state index contributed by atoms with van der Waals surface area (Å²) in [5.74, 6) is -2.17. The van der Waals surface area contributed by atoms with Gasteiger partial charge in [-0.05, 0) is 26.7 Å². The van der Waals surface area contributed by atoms with Gasteiger partial charge in [0.2, 0.25) is 0 Å². The number of carboxylic acid groups (broad SMARTS) is 2. The molecule has 0 amide bonds. The number of carbonyl (C=O) groups is 2. The van der Waals surface area contributed by atoms with E-state index in [0.29, 0.717) is 0 Å². The first-order chi connectivity index (χ1) is 20.7. The summed E-state index contributed by atoms with van der Waals surface area (Å²) in [5, 5.41) is 21.2. The van der Waals surface area contributed by atoms with Crippen LogP contribution in [0.15, 0.2) is 121 Å². The number of hydrogen-bond donors (Lipinski definition) is 4. The lowest BCUT2D eigenvalue weighted by molar-refractivity contribution is -0.143. The molecule has 0 aliphatic carbocycles. The molecule has 0 fully saturated rings. The minimum absolute atomic E-state index is 0. The van der Waals surface area contributed by atoms with Crippen molar-refractivity contribution in [3.05, 3.63) is 121 Å². The average Bonchev–Trinajstić information content (AvgIpc) is 3.04. The summed E-state index contributed by atoms with van der Waals surface area (Å²) in [6, 6.07) is 36.7. The summed E-state index contributed by atoms with van der Waals surface area (Å²) >= 11 is 0. The summed E-state index contributed by atoms with van der Waals surface area (Å²) in [6.07, 6.45) is 0.730. The summed E-state index contributed by atoms with van der Waals surface area (Å²) < 4.78 is 27.3. The molecule has 4 aromatic rings. The molecule has 4 rings (SSSR count). The van der Waals surface area contributed by atoms with Gasteiger partial charge in [-0.15, -0.1) is 0 Å². The van der Waals surface area contributed by atoms with Gasteiger partial charge in [0.15, 0.2) is 0 Å². The smallest absolute Gasteiger partial charge is 0.323 e. The third kappa shape index (κ3) is 9.57. The highest BCUT2D eigenvalue weighted by atomic mass is 31.2. The van der Waals surface area contributed by atoms with E-state index in [2.05, 4.69) is 0 Å². The van der Waals surface area contributed by atoms with E-state index in [0.717, 1.165) is 21.2 Å². The van der Waals surface area contributed by atoms with Crippen molar-refractivity contribution in [1.82, 2.24) is 0 Å². The van der Waals surface area contributed by atoms with E-state index in [1.165, 1.54) is 13.8 Å². The maximum absolute atomic E-state index is 13.6. The van der Waals surface area contributed by atoms with Gasteiger partial charge >= 0.3 is 11.9 Å². The second-order valence-corrected chi connectivity index (χ2v) is 17.1. The summed E-state index contributed by atoms with van der Waals surface area (Å²) in [5.41, 5.74) is 8.83. The lowest BCUT2D eigenvalue weighted by atomic mass is 10.0. The van der Waals surface area contributed by atoms with Gasteiger partial charge in [-0.3, -0.25) is 9.59 Å². The Kier molecular flexibility index (Phi) is 13.2. The van der Waals surface area contributed by atoms with Gasteiger partial charge in [0.25, 0.3) is 0 Å². The molecule has 240 valence electrons. The molecule has 0 aromatic heterocycles. The fourth-order valence-electron chi connectivity index (χ4n) is 4.48. The highest BCUT2D eigenvalue weighted by molar-refractivity contribution is 7.79. The van der Waals surface area contributed by atoms with Crippen LogP contribution < -0.4 is 32.7 Å². The summed E-state index contributed by atoms with van der Waals surface area (Å²) in [4.78, 5) is 22.4. The molecule has 0 saturated heterocycles. The van der Waals surface area contributed by atoms with Crippen molar-refractivity contribution in [3.63, 3.8) is 0 Å². The monoisotopic (exact) mass is 652 g/mol. The summed E-state index contributed by atoms with van der Waals surface area (Å²) in [6.45, 7) is 2.91. The zero-order valence-electron chi connectivity index (χ0n) is 25.5. The number of hydrogen-bond acceptors (Lipinski definition) is 6. The molecule has 11 heteroatoms. The standard InChI is InChI=1S/2C17H20NO3P.H2O/c2*1-17(18,16(19)20)12-13-22(21,14-8-4-2-5-9-14)15-10-6-3-7-11-15;/h2*2-11H,12-13,18H2,1H3,(H,19,20);1H2. The minimum Gasteiger partial charge on any atom is -0.480 e. The molecule has 0 bridgehead atoms.